The number of hydrogen-bond acceptors (Lipinski definition) is 4. The molecule has 0 aliphatic rings. The minimum Gasteiger partial charge on any atom is -0.453 e. The lowest BCUT2D eigenvalue weighted by atomic mass is 10.2. The third-order valence-electron chi connectivity index (χ3n) is 3.12. The van der Waals surface area contributed by atoms with Crippen molar-refractivity contribution in [2.45, 2.75) is 13.2 Å². The largest absolute Gasteiger partial charge is 0.453 e. The summed E-state index contributed by atoms with van der Waals surface area (Å²) in [6, 6.07) is 9.84. The summed E-state index contributed by atoms with van der Waals surface area (Å²) < 4.78 is 8.24. The quantitative estimate of drug-likeness (QED) is 0.710. The first kappa shape index (κ1) is 14.0. The van der Waals surface area contributed by atoms with Crippen LogP contribution in [-0.2, 0) is 13.2 Å². The molecule has 3 aromatic heterocycles. The van der Waals surface area contributed by atoms with E-state index in [0.29, 0.717) is 6.67 Å². The maximum atomic E-state index is 5.53. The summed E-state index contributed by atoms with van der Waals surface area (Å²) in [5, 5.41) is 4.39. The summed E-state index contributed by atoms with van der Waals surface area (Å²) >= 11 is 3.32. The van der Waals surface area contributed by atoms with Crippen LogP contribution in [0.15, 0.2) is 58.0 Å². The number of furan rings is 1. The Morgan fingerprint density at radius 2 is 1.95 bits per heavy atom. The number of hydrogen-bond donors (Lipinski definition) is 0. The van der Waals surface area contributed by atoms with Crippen molar-refractivity contribution in [2.75, 3.05) is 7.05 Å². The Balaban J connectivity index is 1.72. The Hall–Kier alpha value is -1.92. The van der Waals surface area contributed by atoms with Crippen molar-refractivity contribution >= 4 is 15.9 Å². The second kappa shape index (κ2) is 6.24. The predicted molar refractivity (Wildman–Crippen MR) is 83.3 cm³/mol. The minimum atomic E-state index is 0.684. The highest BCUT2D eigenvalue weighted by Gasteiger charge is 2.09. The lowest BCUT2D eigenvalue weighted by Crippen LogP contribution is -2.22. The summed E-state index contributed by atoms with van der Waals surface area (Å²) in [6.45, 7) is 1.41. The van der Waals surface area contributed by atoms with Crippen LogP contribution in [0.1, 0.15) is 5.76 Å². The molecule has 0 bridgehead atoms. The van der Waals surface area contributed by atoms with Gasteiger partial charge in [0.1, 0.15) is 5.76 Å². The number of pyridine rings is 1. The third-order valence-corrected chi connectivity index (χ3v) is 3.55. The topological polar surface area (TPSA) is 47.1 Å². The van der Waals surface area contributed by atoms with Gasteiger partial charge in [-0.3, -0.25) is 14.6 Å². The molecule has 5 nitrogen and oxygen atoms in total. The number of halogens is 1. The molecule has 0 saturated heterocycles. The van der Waals surface area contributed by atoms with Crippen LogP contribution in [0.25, 0.3) is 11.3 Å². The first-order valence-electron chi connectivity index (χ1n) is 6.57. The third kappa shape index (κ3) is 3.40. The zero-order valence-corrected chi connectivity index (χ0v) is 13.2. The van der Waals surface area contributed by atoms with Crippen LogP contribution < -0.4 is 0 Å². The molecule has 6 heteroatoms. The Morgan fingerprint density at radius 1 is 1.14 bits per heavy atom. The van der Waals surface area contributed by atoms with Crippen LogP contribution in [0, 0.1) is 0 Å². The van der Waals surface area contributed by atoms with E-state index in [1.54, 1.807) is 12.4 Å². The zero-order chi connectivity index (χ0) is 14.7. The summed E-state index contributed by atoms with van der Waals surface area (Å²) in [5.74, 6) is 0.919. The number of aromatic nitrogens is 3. The molecule has 0 atom stereocenters. The van der Waals surface area contributed by atoms with Gasteiger partial charge in [0, 0.05) is 24.2 Å². The average Bonchev–Trinajstić information content (AvgIpc) is 3.09. The van der Waals surface area contributed by atoms with E-state index in [1.165, 1.54) is 0 Å². The molecule has 0 fully saturated rings. The highest BCUT2D eigenvalue weighted by Crippen LogP contribution is 2.19. The van der Waals surface area contributed by atoms with Gasteiger partial charge in [-0.15, -0.1) is 0 Å². The van der Waals surface area contributed by atoms with E-state index in [9.17, 15) is 0 Å². The van der Waals surface area contributed by atoms with Crippen LogP contribution in [-0.4, -0.2) is 26.7 Å². The molecule has 0 N–H and O–H groups in total. The molecule has 0 saturated carbocycles. The molecular formula is C15H15BrN4O. The summed E-state index contributed by atoms with van der Waals surface area (Å²) in [6.07, 6.45) is 5.39. The fourth-order valence-corrected chi connectivity index (χ4v) is 2.53. The van der Waals surface area contributed by atoms with Crippen LogP contribution in [0.4, 0.5) is 0 Å². The van der Waals surface area contributed by atoms with Crippen molar-refractivity contribution in [1.29, 1.82) is 0 Å². The Bertz CT molecular complexity index is 707. The molecule has 0 aliphatic heterocycles. The summed E-state index contributed by atoms with van der Waals surface area (Å²) in [5.41, 5.74) is 2.18. The van der Waals surface area contributed by atoms with Gasteiger partial charge in [0.05, 0.1) is 18.9 Å². The second-order valence-corrected chi connectivity index (χ2v) is 5.59. The van der Waals surface area contributed by atoms with Crippen molar-refractivity contribution in [1.82, 2.24) is 19.7 Å². The molecule has 21 heavy (non-hydrogen) atoms. The van der Waals surface area contributed by atoms with Crippen molar-refractivity contribution in [3.05, 3.63) is 59.4 Å². The zero-order valence-electron chi connectivity index (χ0n) is 11.6. The molecule has 0 aliphatic carbocycles. The van der Waals surface area contributed by atoms with Crippen LogP contribution in [0.2, 0.25) is 0 Å². The number of nitrogens with zero attached hydrogens (tertiary/aromatic N) is 4. The highest BCUT2D eigenvalue weighted by atomic mass is 79.9. The van der Waals surface area contributed by atoms with Crippen molar-refractivity contribution < 1.29 is 4.42 Å². The van der Waals surface area contributed by atoms with Crippen molar-refractivity contribution in [3.63, 3.8) is 0 Å². The standard InChI is InChI=1S/C15H15BrN4O/c1-19(10-13-2-3-15(16)21-13)11-20-14(6-9-18-20)12-4-7-17-8-5-12/h2-9H,10-11H2,1H3. The van der Waals surface area contributed by atoms with Crippen molar-refractivity contribution in [2.24, 2.45) is 0 Å². The average molecular weight is 347 g/mol. The van der Waals surface area contributed by atoms with E-state index in [2.05, 4.69) is 30.9 Å². The first-order chi connectivity index (χ1) is 10.2. The van der Waals surface area contributed by atoms with E-state index < -0.39 is 0 Å². The summed E-state index contributed by atoms with van der Waals surface area (Å²) in [4.78, 5) is 6.19. The molecule has 0 unspecified atom stereocenters. The SMILES string of the molecule is CN(Cc1ccc(Br)o1)Cn1nccc1-c1ccncc1. The van der Waals surface area contributed by atoms with Gasteiger partial charge in [-0.05, 0) is 53.3 Å². The maximum absolute atomic E-state index is 5.53. The monoisotopic (exact) mass is 346 g/mol. The Morgan fingerprint density at radius 3 is 2.67 bits per heavy atom. The fraction of sp³-hybridized carbons (Fsp3) is 0.200. The molecule has 108 valence electrons. The van der Waals surface area contributed by atoms with E-state index in [1.807, 2.05) is 48.3 Å². The van der Waals surface area contributed by atoms with E-state index in [0.717, 1.165) is 28.2 Å². The van der Waals surface area contributed by atoms with Crippen molar-refractivity contribution in [3.8, 4) is 11.3 Å². The maximum Gasteiger partial charge on any atom is 0.169 e. The van der Waals surface area contributed by atoms with Gasteiger partial charge in [-0.2, -0.15) is 5.10 Å². The Labute approximate surface area is 131 Å². The summed E-state index contributed by atoms with van der Waals surface area (Å²) in [7, 11) is 2.04. The molecule has 0 amide bonds. The van der Waals surface area contributed by atoms with E-state index >= 15 is 0 Å². The number of rotatable bonds is 5. The van der Waals surface area contributed by atoms with Gasteiger partial charge < -0.3 is 4.42 Å². The van der Waals surface area contributed by atoms with Gasteiger partial charge in [-0.1, -0.05) is 0 Å². The first-order valence-corrected chi connectivity index (χ1v) is 7.36. The molecule has 0 spiro atoms. The Kier molecular flexibility index (Phi) is 4.17. The molecule has 0 aromatic carbocycles. The van der Waals surface area contributed by atoms with Gasteiger partial charge in [0.25, 0.3) is 0 Å². The normalized spacial score (nSPS) is 11.2. The molecule has 3 rings (SSSR count). The smallest absolute Gasteiger partial charge is 0.169 e. The minimum absolute atomic E-state index is 0.684. The van der Waals surface area contributed by atoms with Gasteiger partial charge >= 0.3 is 0 Å². The van der Waals surface area contributed by atoms with Crippen LogP contribution in [0.3, 0.4) is 0 Å². The lowest BCUT2D eigenvalue weighted by molar-refractivity contribution is 0.228. The fourth-order valence-electron chi connectivity index (χ4n) is 2.19. The molecule has 3 aromatic rings. The lowest BCUT2D eigenvalue weighted by Gasteiger charge is -2.17. The highest BCUT2D eigenvalue weighted by molar-refractivity contribution is 9.10. The molecule has 3 heterocycles. The van der Waals surface area contributed by atoms with E-state index in [-0.39, 0.29) is 0 Å². The molecule has 0 radical (unpaired) electrons. The predicted octanol–water partition coefficient (Wildman–Crippen LogP) is 3.39. The van der Waals surface area contributed by atoms with Crippen LogP contribution >= 0.6 is 15.9 Å². The van der Waals surface area contributed by atoms with E-state index in [4.69, 9.17) is 4.42 Å². The van der Waals surface area contributed by atoms with Crippen LogP contribution in [0.5, 0.6) is 0 Å². The second-order valence-electron chi connectivity index (χ2n) is 4.81. The molecular weight excluding hydrogens is 332 g/mol. The van der Waals surface area contributed by atoms with Gasteiger partial charge in [-0.25, -0.2) is 0 Å². The van der Waals surface area contributed by atoms with Gasteiger partial charge in [0.15, 0.2) is 4.67 Å². The van der Waals surface area contributed by atoms with Gasteiger partial charge in [0.2, 0.25) is 0 Å².